The zero-order chi connectivity index (χ0) is 23.4. The Labute approximate surface area is 181 Å². The number of amides is 1. The summed E-state index contributed by atoms with van der Waals surface area (Å²) in [5, 5.41) is 23.2. The first kappa shape index (κ1) is 26.9. The topological polar surface area (TPSA) is 114 Å². The van der Waals surface area contributed by atoms with Crippen LogP contribution in [-0.2, 0) is 18.7 Å². The summed E-state index contributed by atoms with van der Waals surface area (Å²) in [6.45, 7) is 18.5. The van der Waals surface area contributed by atoms with E-state index in [4.69, 9.17) is 13.9 Å². The minimum absolute atomic E-state index is 0.220. The fourth-order valence-electron chi connectivity index (χ4n) is 4.55. The molecule has 0 bridgehead atoms. The summed E-state index contributed by atoms with van der Waals surface area (Å²) in [6.07, 6.45) is -4.29. The molecule has 0 spiro atoms. The van der Waals surface area contributed by atoms with Crippen LogP contribution >= 0.6 is 0 Å². The molecule has 9 heteroatoms. The fraction of sp³-hybridized carbons (Fsp3) is 0.905. The van der Waals surface area contributed by atoms with Crippen LogP contribution in [-0.4, -0.2) is 67.2 Å². The molecule has 0 aliphatic carbocycles. The summed E-state index contributed by atoms with van der Waals surface area (Å²) in [4.78, 5) is 24.0. The van der Waals surface area contributed by atoms with Crippen LogP contribution in [0.1, 0.15) is 68.7 Å². The molecule has 1 rings (SSSR count). The summed E-state index contributed by atoms with van der Waals surface area (Å²) in [5.41, 5.74) is 0.478. The molecular formula is C21H41NO7Si. The first-order valence-corrected chi connectivity index (χ1v) is 13.0. The second-order valence-corrected chi connectivity index (χ2v) is 15.5. The number of esters is 1. The molecule has 0 aromatic heterocycles. The van der Waals surface area contributed by atoms with Gasteiger partial charge in [-0.3, -0.25) is 0 Å². The van der Waals surface area contributed by atoms with Gasteiger partial charge in [-0.05, 0) is 43.8 Å². The molecule has 0 saturated carbocycles. The lowest BCUT2D eigenvalue weighted by atomic mass is 10.0. The number of aliphatic hydroxyl groups is 2. The fourth-order valence-corrected chi connectivity index (χ4v) is 10.0. The molecule has 1 heterocycles. The van der Waals surface area contributed by atoms with Gasteiger partial charge in [-0.2, -0.15) is 0 Å². The Morgan fingerprint density at radius 3 is 2.07 bits per heavy atom. The van der Waals surface area contributed by atoms with Crippen LogP contribution in [0.5, 0.6) is 0 Å². The molecule has 3 N–H and O–H groups in total. The molecule has 1 aliphatic rings. The second kappa shape index (κ2) is 10.4. The second-order valence-electron chi connectivity index (χ2n) is 10.0. The van der Waals surface area contributed by atoms with Gasteiger partial charge in [0, 0.05) is 6.61 Å². The quantitative estimate of drug-likeness (QED) is 0.367. The van der Waals surface area contributed by atoms with Crippen molar-refractivity contribution in [3.63, 3.8) is 0 Å². The molecule has 4 atom stereocenters. The van der Waals surface area contributed by atoms with Crippen LogP contribution in [0.25, 0.3) is 0 Å². The molecule has 176 valence electrons. The van der Waals surface area contributed by atoms with E-state index in [1.165, 1.54) is 0 Å². The summed E-state index contributed by atoms with van der Waals surface area (Å²) in [6, 6.07) is -1.09. The van der Waals surface area contributed by atoms with Crippen LogP contribution in [0.3, 0.4) is 0 Å². The van der Waals surface area contributed by atoms with Gasteiger partial charge in [0.2, 0.25) is 0 Å². The number of carbonyl (C=O) groups excluding carboxylic acids is 2. The van der Waals surface area contributed by atoms with Crippen molar-refractivity contribution in [2.75, 3.05) is 6.61 Å². The van der Waals surface area contributed by atoms with Crippen molar-refractivity contribution < 1.29 is 33.7 Å². The Morgan fingerprint density at radius 1 is 1.13 bits per heavy atom. The smallest absolute Gasteiger partial charge is 0.408 e. The third-order valence-corrected chi connectivity index (χ3v) is 11.8. The Balaban J connectivity index is 2.81. The molecule has 1 fully saturated rings. The van der Waals surface area contributed by atoms with E-state index in [1.807, 2.05) is 0 Å². The molecule has 0 aromatic rings. The molecule has 0 unspecified atom stereocenters. The lowest BCUT2D eigenvalue weighted by Gasteiger charge is -2.42. The number of hydrogen-bond donors (Lipinski definition) is 3. The molecule has 0 radical (unpaired) electrons. The highest BCUT2D eigenvalue weighted by Gasteiger charge is 2.49. The van der Waals surface area contributed by atoms with Gasteiger partial charge < -0.3 is 29.4 Å². The zero-order valence-electron chi connectivity index (χ0n) is 19.9. The maximum absolute atomic E-state index is 12.1. The van der Waals surface area contributed by atoms with Crippen LogP contribution in [0.4, 0.5) is 4.79 Å². The van der Waals surface area contributed by atoms with Gasteiger partial charge in [0.15, 0.2) is 20.5 Å². The third-order valence-electron chi connectivity index (χ3n) is 5.72. The highest BCUT2D eigenvalue weighted by Crippen LogP contribution is 2.42. The lowest BCUT2D eigenvalue weighted by molar-refractivity contribution is -0.150. The average molecular weight is 448 g/mol. The van der Waals surface area contributed by atoms with Gasteiger partial charge >= 0.3 is 12.1 Å². The van der Waals surface area contributed by atoms with Crippen molar-refractivity contribution in [1.29, 1.82) is 0 Å². The number of rotatable bonds is 9. The molecule has 1 aliphatic heterocycles. The molecule has 0 aromatic carbocycles. The summed E-state index contributed by atoms with van der Waals surface area (Å²) >= 11 is 0. The number of hydrogen-bond acceptors (Lipinski definition) is 7. The van der Waals surface area contributed by atoms with Gasteiger partial charge in [-0.25, -0.2) is 9.59 Å². The lowest BCUT2D eigenvalue weighted by Crippen LogP contribution is -2.52. The minimum atomic E-state index is -2.09. The minimum Gasteiger partial charge on any atom is -0.455 e. The maximum Gasteiger partial charge on any atom is 0.408 e. The van der Waals surface area contributed by atoms with Gasteiger partial charge in [-0.1, -0.05) is 41.5 Å². The van der Waals surface area contributed by atoms with E-state index in [0.717, 1.165) is 0 Å². The number of carbonyl (C=O) groups is 2. The van der Waals surface area contributed by atoms with E-state index in [2.05, 4.69) is 46.9 Å². The Morgan fingerprint density at radius 2 is 1.63 bits per heavy atom. The first-order chi connectivity index (χ1) is 13.6. The van der Waals surface area contributed by atoms with E-state index < -0.39 is 50.3 Å². The number of nitrogens with one attached hydrogen (secondary N) is 1. The SMILES string of the molecule is CC(C)[Si](OCC[C@H](O)[C@H]1OC(=O)[C@@H](O)[C@@H]1NC(=O)OC(C)(C)C)(C(C)C)C(C)C. The van der Waals surface area contributed by atoms with E-state index in [9.17, 15) is 19.8 Å². The summed E-state index contributed by atoms with van der Waals surface area (Å²) in [7, 11) is -2.09. The highest BCUT2D eigenvalue weighted by atomic mass is 28.4. The van der Waals surface area contributed by atoms with Gasteiger partial charge in [0.25, 0.3) is 0 Å². The zero-order valence-corrected chi connectivity index (χ0v) is 20.9. The molecule has 1 amide bonds. The normalized spacial score (nSPS) is 23.8. The van der Waals surface area contributed by atoms with Crippen LogP contribution in [0.2, 0.25) is 16.6 Å². The standard InChI is InChI=1S/C21H41NO7Si/c1-12(2)30(13(3)4,14(5)6)27-11-10-15(23)18-16(17(24)19(25)28-18)22-20(26)29-21(7,8)9/h12-18,23-24H,10-11H2,1-9H3,(H,22,26)/t15-,16-,17-,18+/m0/s1. The summed E-state index contributed by atoms with van der Waals surface area (Å²) in [5.74, 6) is -0.878. The van der Waals surface area contributed by atoms with Crippen molar-refractivity contribution >= 4 is 20.4 Å². The molecule has 1 saturated heterocycles. The third kappa shape index (κ3) is 6.42. The van der Waals surface area contributed by atoms with E-state index in [-0.39, 0.29) is 6.42 Å². The van der Waals surface area contributed by atoms with Gasteiger partial charge in [0.1, 0.15) is 11.6 Å². The van der Waals surface area contributed by atoms with Crippen LogP contribution in [0, 0.1) is 0 Å². The average Bonchev–Trinajstić information content (AvgIpc) is 2.84. The van der Waals surface area contributed by atoms with E-state index in [1.54, 1.807) is 20.8 Å². The van der Waals surface area contributed by atoms with Crippen molar-refractivity contribution in [2.24, 2.45) is 0 Å². The molecule has 8 nitrogen and oxygen atoms in total. The van der Waals surface area contributed by atoms with Crippen molar-refractivity contribution in [3.8, 4) is 0 Å². The maximum atomic E-state index is 12.1. The van der Waals surface area contributed by atoms with Crippen molar-refractivity contribution in [3.05, 3.63) is 0 Å². The molecule has 30 heavy (non-hydrogen) atoms. The Kier molecular flexibility index (Phi) is 9.34. The van der Waals surface area contributed by atoms with Gasteiger partial charge in [-0.15, -0.1) is 0 Å². The number of alkyl carbamates (subject to hydrolysis) is 1. The Bertz CT molecular complexity index is 567. The number of cyclic esters (lactones) is 1. The van der Waals surface area contributed by atoms with Gasteiger partial charge in [0.05, 0.1) is 6.10 Å². The van der Waals surface area contributed by atoms with E-state index in [0.29, 0.717) is 23.2 Å². The number of ether oxygens (including phenoxy) is 2. The first-order valence-electron chi connectivity index (χ1n) is 10.8. The van der Waals surface area contributed by atoms with E-state index >= 15 is 0 Å². The monoisotopic (exact) mass is 447 g/mol. The highest BCUT2D eigenvalue weighted by molar-refractivity contribution is 6.77. The predicted molar refractivity (Wildman–Crippen MR) is 117 cm³/mol. The van der Waals surface area contributed by atoms with Crippen LogP contribution < -0.4 is 5.32 Å². The number of aliphatic hydroxyl groups excluding tert-OH is 2. The van der Waals surface area contributed by atoms with Crippen LogP contribution in [0.15, 0.2) is 0 Å². The summed E-state index contributed by atoms with van der Waals surface area (Å²) < 4.78 is 16.8. The van der Waals surface area contributed by atoms with Crippen molar-refractivity contribution in [2.45, 2.75) is 115 Å². The Hall–Kier alpha value is -1.16. The predicted octanol–water partition coefficient (Wildman–Crippen LogP) is 3.11. The van der Waals surface area contributed by atoms with Crippen molar-refractivity contribution in [1.82, 2.24) is 5.32 Å². The molecular weight excluding hydrogens is 406 g/mol. The largest absolute Gasteiger partial charge is 0.455 e.